The molecule has 0 spiro atoms. The van der Waals surface area contributed by atoms with Crippen LogP contribution in [0.3, 0.4) is 0 Å². The van der Waals surface area contributed by atoms with Gasteiger partial charge in [-0.3, -0.25) is 9.36 Å². The second-order valence-electron chi connectivity index (χ2n) is 7.03. The van der Waals surface area contributed by atoms with Gasteiger partial charge in [0.05, 0.1) is 24.7 Å². The highest BCUT2D eigenvalue weighted by Gasteiger charge is 2.15. The van der Waals surface area contributed by atoms with Crippen molar-refractivity contribution in [1.82, 2.24) is 9.55 Å². The molecule has 7 heteroatoms. The quantitative estimate of drug-likeness (QED) is 0.312. The van der Waals surface area contributed by atoms with E-state index in [0.717, 1.165) is 16.0 Å². The lowest BCUT2D eigenvalue weighted by Gasteiger charge is -2.11. The van der Waals surface area contributed by atoms with Gasteiger partial charge in [0.1, 0.15) is 16.4 Å². The third-order valence-electron chi connectivity index (χ3n) is 5.04. The lowest BCUT2D eigenvalue weighted by Crippen LogP contribution is -2.24. The molecule has 0 amide bonds. The van der Waals surface area contributed by atoms with Crippen molar-refractivity contribution < 1.29 is 14.3 Å². The van der Waals surface area contributed by atoms with Crippen molar-refractivity contribution in [3.63, 3.8) is 0 Å². The first-order valence-corrected chi connectivity index (χ1v) is 10.8. The largest absolute Gasteiger partial charge is 0.494 e. The van der Waals surface area contributed by atoms with E-state index in [0.29, 0.717) is 42.1 Å². The average Bonchev–Trinajstić information content (AvgIpc) is 3.23. The van der Waals surface area contributed by atoms with E-state index in [1.807, 2.05) is 42.6 Å². The van der Waals surface area contributed by atoms with Gasteiger partial charge in [-0.1, -0.05) is 30.3 Å². The first-order chi connectivity index (χ1) is 15.1. The van der Waals surface area contributed by atoms with Gasteiger partial charge in [-0.25, -0.2) is 9.78 Å². The molecule has 0 bridgehead atoms. The zero-order chi connectivity index (χ0) is 21.8. The standard InChI is InChI=1S/C24H22N2O4S/c1-16-25-22-21(20(15-31-22)17-7-4-3-5-8-17)23(27)26(16)13-6-14-30-19-11-9-18(10-12-19)24(28)29-2/h3-5,7-12,15H,6,13-14H2,1-2H3. The number of aromatic nitrogens is 2. The first-order valence-electron chi connectivity index (χ1n) is 9.93. The molecule has 4 aromatic rings. The van der Waals surface area contributed by atoms with Crippen LogP contribution in [0, 0.1) is 6.92 Å². The maximum Gasteiger partial charge on any atom is 0.337 e. The van der Waals surface area contributed by atoms with Crippen LogP contribution in [0.4, 0.5) is 0 Å². The summed E-state index contributed by atoms with van der Waals surface area (Å²) in [6.07, 6.45) is 0.650. The van der Waals surface area contributed by atoms with Crippen molar-refractivity contribution in [1.29, 1.82) is 0 Å². The van der Waals surface area contributed by atoms with Crippen molar-refractivity contribution in [2.45, 2.75) is 19.9 Å². The Hall–Kier alpha value is -3.45. The van der Waals surface area contributed by atoms with Crippen molar-refractivity contribution >= 4 is 27.5 Å². The number of carbonyl (C=O) groups is 1. The number of carbonyl (C=O) groups excluding carboxylic acids is 1. The second-order valence-corrected chi connectivity index (χ2v) is 7.89. The Labute approximate surface area is 183 Å². The van der Waals surface area contributed by atoms with E-state index in [9.17, 15) is 9.59 Å². The smallest absolute Gasteiger partial charge is 0.337 e. The summed E-state index contributed by atoms with van der Waals surface area (Å²) in [5.74, 6) is 0.975. The molecule has 0 fully saturated rings. The monoisotopic (exact) mass is 434 g/mol. The molecule has 0 aliphatic carbocycles. The Kier molecular flexibility index (Phi) is 6.13. The normalized spacial score (nSPS) is 10.9. The molecule has 4 rings (SSSR count). The SMILES string of the molecule is COC(=O)c1ccc(OCCCn2c(C)nc3scc(-c4ccccc4)c3c2=O)cc1. The number of aryl methyl sites for hydroxylation is 1. The number of methoxy groups -OCH3 is 1. The predicted molar refractivity (Wildman–Crippen MR) is 122 cm³/mol. The number of fused-ring (bicyclic) bond motifs is 1. The van der Waals surface area contributed by atoms with Gasteiger partial charge in [0.25, 0.3) is 5.56 Å². The van der Waals surface area contributed by atoms with Crippen LogP contribution < -0.4 is 10.3 Å². The maximum absolute atomic E-state index is 13.2. The highest BCUT2D eigenvalue weighted by molar-refractivity contribution is 7.17. The van der Waals surface area contributed by atoms with E-state index < -0.39 is 0 Å². The number of hydrogen-bond donors (Lipinski definition) is 0. The highest BCUT2D eigenvalue weighted by Crippen LogP contribution is 2.30. The van der Waals surface area contributed by atoms with Gasteiger partial charge >= 0.3 is 5.97 Å². The van der Waals surface area contributed by atoms with E-state index in [4.69, 9.17) is 9.47 Å². The molecule has 2 aromatic carbocycles. The predicted octanol–water partition coefficient (Wildman–Crippen LogP) is 4.69. The maximum atomic E-state index is 13.2. The highest BCUT2D eigenvalue weighted by atomic mass is 32.1. The molecule has 2 heterocycles. The van der Waals surface area contributed by atoms with Crippen LogP contribution in [0.25, 0.3) is 21.3 Å². The molecule has 0 saturated carbocycles. The zero-order valence-electron chi connectivity index (χ0n) is 17.3. The number of hydrogen-bond acceptors (Lipinski definition) is 6. The lowest BCUT2D eigenvalue weighted by molar-refractivity contribution is 0.0600. The molecule has 2 aromatic heterocycles. The Morgan fingerprint density at radius 3 is 2.55 bits per heavy atom. The molecule has 0 radical (unpaired) electrons. The second kappa shape index (κ2) is 9.14. The van der Waals surface area contributed by atoms with Crippen molar-refractivity contribution in [3.05, 3.63) is 81.7 Å². The number of rotatable bonds is 7. The fourth-order valence-electron chi connectivity index (χ4n) is 3.44. The lowest BCUT2D eigenvalue weighted by atomic mass is 10.1. The van der Waals surface area contributed by atoms with Crippen LogP contribution in [-0.2, 0) is 11.3 Å². The Balaban J connectivity index is 1.47. The Morgan fingerprint density at radius 1 is 1.10 bits per heavy atom. The zero-order valence-corrected chi connectivity index (χ0v) is 18.1. The van der Waals surface area contributed by atoms with Crippen LogP contribution in [0.5, 0.6) is 5.75 Å². The third-order valence-corrected chi connectivity index (χ3v) is 5.91. The molecule has 0 atom stereocenters. The van der Waals surface area contributed by atoms with Crippen molar-refractivity contribution in [3.8, 4) is 16.9 Å². The molecule has 6 nitrogen and oxygen atoms in total. The summed E-state index contributed by atoms with van der Waals surface area (Å²) in [7, 11) is 1.35. The van der Waals surface area contributed by atoms with Gasteiger partial charge in [-0.2, -0.15) is 0 Å². The average molecular weight is 435 g/mol. The Morgan fingerprint density at radius 2 is 1.84 bits per heavy atom. The van der Waals surface area contributed by atoms with Gasteiger partial charge in [0, 0.05) is 17.5 Å². The van der Waals surface area contributed by atoms with Gasteiger partial charge in [0.15, 0.2) is 0 Å². The van der Waals surface area contributed by atoms with Gasteiger partial charge in [-0.15, -0.1) is 11.3 Å². The van der Waals surface area contributed by atoms with Gasteiger partial charge in [0.2, 0.25) is 0 Å². The summed E-state index contributed by atoms with van der Waals surface area (Å²) in [5, 5.41) is 2.67. The van der Waals surface area contributed by atoms with Crippen LogP contribution in [0.1, 0.15) is 22.6 Å². The summed E-state index contributed by atoms with van der Waals surface area (Å²) in [6, 6.07) is 16.7. The summed E-state index contributed by atoms with van der Waals surface area (Å²) in [5.41, 5.74) is 2.39. The topological polar surface area (TPSA) is 70.4 Å². The van der Waals surface area contributed by atoms with Crippen molar-refractivity contribution in [2.24, 2.45) is 0 Å². The molecular weight excluding hydrogens is 412 g/mol. The fourth-order valence-corrected chi connectivity index (χ4v) is 4.42. The van der Waals surface area contributed by atoms with E-state index in [-0.39, 0.29) is 11.5 Å². The summed E-state index contributed by atoms with van der Waals surface area (Å²) < 4.78 is 12.2. The Bertz CT molecular complexity index is 1260. The van der Waals surface area contributed by atoms with Gasteiger partial charge < -0.3 is 9.47 Å². The summed E-state index contributed by atoms with van der Waals surface area (Å²) in [6.45, 7) is 2.81. The molecule has 31 heavy (non-hydrogen) atoms. The molecule has 0 unspecified atom stereocenters. The third kappa shape index (κ3) is 4.36. The molecule has 0 N–H and O–H groups in total. The molecule has 158 valence electrons. The van der Waals surface area contributed by atoms with Crippen LogP contribution >= 0.6 is 11.3 Å². The van der Waals surface area contributed by atoms with Crippen molar-refractivity contribution in [2.75, 3.05) is 13.7 Å². The number of esters is 1. The van der Waals surface area contributed by atoms with Crippen LogP contribution in [0.15, 0.2) is 64.8 Å². The number of thiophene rings is 1. The van der Waals surface area contributed by atoms with E-state index >= 15 is 0 Å². The minimum absolute atomic E-state index is 0.0231. The van der Waals surface area contributed by atoms with E-state index in [1.54, 1.807) is 28.8 Å². The fraction of sp³-hybridized carbons (Fsp3) is 0.208. The summed E-state index contributed by atoms with van der Waals surface area (Å²) >= 11 is 1.49. The van der Waals surface area contributed by atoms with E-state index in [2.05, 4.69) is 4.98 Å². The minimum Gasteiger partial charge on any atom is -0.494 e. The van der Waals surface area contributed by atoms with Crippen LogP contribution in [-0.4, -0.2) is 29.2 Å². The molecule has 0 aliphatic rings. The van der Waals surface area contributed by atoms with Gasteiger partial charge in [-0.05, 0) is 43.2 Å². The number of benzene rings is 2. The molecule has 0 saturated heterocycles. The number of nitrogens with zero attached hydrogens (tertiary/aromatic N) is 2. The van der Waals surface area contributed by atoms with E-state index in [1.165, 1.54) is 18.4 Å². The summed E-state index contributed by atoms with van der Waals surface area (Å²) in [4.78, 5) is 30.2. The minimum atomic E-state index is -0.382. The number of ether oxygens (including phenoxy) is 2. The molecular formula is C24H22N2O4S. The first kappa shape index (κ1) is 20.8. The molecule has 0 aliphatic heterocycles. The van der Waals surface area contributed by atoms with Crippen LogP contribution in [0.2, 0.25) is 0 Å².